The Morgan fingerprint density at radius 2 is 1.80 bits per heavy atom. The van der Waals surface area contributed by atoms with E-state index in [1.165, 1.54) is 5.56 Å². The summed E-state index contributed by atoms with van der Waals surface area (Å²) in [4.78, 5) is 12.4. The molecular weight excluding hydrogens is 205 g/mol. The van der Waals surface area contributed by atoms with Crippen LogP contribution >= 0.6 is 7.49 Å². The van der Waals surface area contributed by atoms with Crippen LogP contribution in [0.3, 0.4) is 0 Å². The highest BCUT2D eigenvalue weighted by atomic mass is 31.2. The van der Waals surface area contributed by atoms with Crippen molar-refractivity contribution < 1.29 is 4.89 Å². The third-order valence-electron chi connectivity index (χ3n) is 3.04. The molecule has 1 saturated heterocycles. The van der Waals surface area contributed by atoms with Gasteiger partial charge in [-0.1, -0.05) is 30.3 Å². The molecule has 1 N–H and O–H groups in total. The molecule has 1 fully saturated rings. The van der Waals surface area contributed by atoms with E-state index in [1.54, 1.807) is 0 Å². The second-order valence-electron chi connectivity index (χ2n) is 4.55. The Kier molecular flexibility index (Phi) is 3.40. The minimum Gasteiger partial charge on any atom is -0.380 e. The molecule has 0 bridgehead atoms. The summed E-state index contributed by atoms with van der Waals surface area (Å²) >= 11 is 0. The van der Waals surface area contributed by atoms with Crippen molar-refractivity contribution >= 4 is 7.49 Å². The normalized spacial score (nSPS) is 21.5. The van der Waals surface area contributed by atoms with E-state index in [1.807, 2.05) is 6.66 Å². The standard InChI is InChI=1S/C12H19NOP/c1-15(14)9-7-13(8-10-15)11-12-5-3-2-4-6-12/h2-6,14H,7-11H2,1H3. The van der Waals surface area contributed by atoms with Crippen LogP contribution in [0.1, 0.15) is 5.56 Å². The van der Waals surface area contributed by atoms with Crippen LogP contribution < -0.4 is 0 Å². The Morgan fingerprint density at radius 3 is 2.40 bits per heavy atom. The van der Waals surface area contributed by atoms with Crippen LogP contribution in [0.5, 0.6) is 0 Å². The topological polar surface area (TPSA) is 23.5 Å². The molecule has 0 amide bonds. The summed E-state index contributed by atoms with van der Waals surface area (Å²) in [6.45, 7) is 5.18. The Hall–Kier alpha value is -0.430. The average Bonchev–Trinajstić information content (AvgIpc) is 2.23. The van der Waals surface area contributed by atoms with Crippen LogP contribution in [-0.4, -0.2) is 41.9 Å². The molecule has 1 aromatic rings. The van der Waals surface area contributed by atoms with E-state index in [0.29, 0.717) is 0 Å². The van der Waals surface area contributed by atoms with Crippen molar-refractivity contribution in [3.8, 4) is 0 Å². The molecule has 0 saturated carbocycles. The first kappa shape index (κ1) is 11.1. The van der Waals surface area contributed by atoms with E-state index in [4.69, 9.17) is 0 Å². The van der Waals surface area contributed by atoms with Gasteiger partial charge in [-0.05, 0) is 32.0 Å². The van der Waals surface area contributed by atoms with Crippen LogP contribution in [0.25, 0.3) is 0 Å². The molecule has 0 unspecified atom stereocenters. The zero-order valence-corrected chi connectivity index (χ0v) is 10.2. The summed E-state index contributed by atoms with van der Waals surface area (Å²) in [5.41, 5.74) is 1.37. The van der Waals surface area contributed by atoms with E-state index in [9.17, 15) is 4.89 Å². The van der Waals surface area contributed by atoms with Gasteiger partial charge >= 0.3 is 0 Å². The fourth-order valence-electron chi connectivity index (χ4n) is 1.94. The van der Waals surface area contributed by atoms with Gasteiger partial charge < -0.3 is 4.89 Å². The van der Waals surface area contributed by atoms with Crippen molar-refractivity contribution in [2.75, 3.05) is 32.1 Å². The Balaban J connectivity index is 1.88. The lowest BCUT2D eigenvalue weighted by Crippen LogP contribution is -2.35. The van der Waals surface area contributed by atoms with Gasteiger partial charge in [0.1, 0.15) is 0 Å². The number of benzene rings is 1. The molecule has 2 rings (SSSR count). The first-order chi connectivity index (χ1) is 7.16. The van der Waals surface area contributed by atoms with Gasteiger partial charge in [0.05, 0.1) is 0 Å². The van der Waals surface area contributed by atoms with Crippen LogP contribution in [0.4, 0.5) is 0 Å². The van der Waals surface area contributed by atoms with E-state index in [2.05, 4.69) is 35.2 Å². The molecular formula is C12H19NOP. The third kappa shape index (κ3) is 3.27. The molecule has 0 aromatic heterocycles. The lowest BCUT2D eigenvalue weighted by atomic mass is 10.2. The highest BCUT2D eigenvalue weighted by Crippen LogP contribution is 2.51. The lowest BCUT2D eigenvalue weighted by Gasteiger charge is -2.37. The number of nitrogens with zero attached hydrogens (tertiary/aromatic N) is 1. The van der Waals surface area contributed by atoms with Crippen molar-refractivity contribution in [1.29, 1.82) is 0 Å². The molecule has 1 radical (unpaired) electrons. The quantitative estimate of drug-likeness (QED) is 0.777. The van der Waals surface area contributed by atoms with Gasteiger partial charge in [0.15, 0.2) is 0 Å². The van der Waals surface area contributed by atoms with Gasteiger partial charge in [0, 0.05) is 19.6 Å². The zero-order chi connectivity index (χ0) is 10.7. The smallest absolute Gasteiger partial charge is 0.0234 e. The fraction of sp³-hybridized carbons (Fsp3) is 0.500. The van der Waals surface area contributed by atoms with Crippen molar-refractivity contribution in [3.63, 3.8) is 0 Å². The van der Waals surface area contributed by atoms with Crippen LogP contribution in [-0.2, 0) is 6.54 Å². The van der Waals surface area contributed by atoms with Gasteiger partial charge in [-0.25, -0.2) is 0 Å². The molecule has 1 aliphatic heterocycles. The average molecular weight is 224 g/mol. The fourth-order valence-corrected chi connectivity index (χ4v) is 3.59. The summed E-state index contributed by atoms with van der Waals surface area (Å²) in [5.74, 6) is 0. The molecule has 3 heteroatoms. The molecule has 0 spiro atoms. The second-order valence-corrected chi connectivity index (χ2v) is 8.12. The van der Waals surface area contributed by atoms with E-state index in [0.717, 1.165) is 32.0 Å². The van der Waals surface area contributed by atoms with Crippen molar-refractivity contribution in [2.45, 2.75) is 6.54 Å². The first-order valence-corrected chi connectivity index (χ1v) is 8.05. The van der Waals surface area contributed by atoms with Gasteiger partial charge in [-0.15, -0.1) is 0 Å². The largest absolute Gasteiger partial charge is 0.380 e. The number of hydrogen-bond donors (Lipinski definition) is 1. The number of hydrogen-bond acceptors (Lipinski definition) is 2. The summed E-state index contributed by atoms with van der Waals surface area (Å²) in [5, 5.41) is 0. The van der Waals surface area contributed by atoms with Crippen LogP contribution in [0, 0.1) is 0 Å². The van der Waals surface area contributed by atoms with E-state index >= 15 is 0 Å². The van der Waals surface area contributed by atoms with Crippen LogP contribution in [0.2, 0.25) is 0 Å². The SMILES string of the molecule is C[P]1(O)CCN(Cc2ccccc2)CC1. The predicted molar refractivity (Wildman–Crippen MR) is 66.5 cm³/mol. The molecule has 15 heavy (non-hydrogen) atoms. The maximum Gasteiger partial charge on any atom is 0.0234 e. The highest BCUT2D eigenvalue weighted by molar-refractivity contribution is 7.69. The third-order valence-corrected chi connectivity index (χ3v) is 5.37. The maximum atomic E-state index is 9.94. The first-order valence-electron chi connectivity index (χ1n) is 5.49. The monoisotopic (exact) mass is 224 g/mol. The molecule has 0 aliphatic carbocycles. The maximum absolute atomic E-state index is 9.94. The Labute approximate surface area is 92.3 Å². The lowest BCUT2D eigenvalue weighted by molar-refractivity contribution is 0.284. The minimum atomic E-state index is -1.52. The van der Waals surface area contributed by atoms with Gasteiger partial charge in [-0.3, -0.25) is 4.90 Å². The van der Waals surface area contributed by atoms with Crippen molar-refractivity contribution in [1.82, 2.24) is 4.90 Å². The van der Waals surface area contributed by atoms with Crippen LogP contribution in [0.15, 0.2) is 30.3 Å². The summed E-state index contributed by atoms with van der Waals surface area (Å²) in [6, 6.07) is 10.6. The van der Waals surface area contributed by atoms with E-state index < -0.39 is 7.49 Å². The summed E-state index contributed by atoms with van der Waals surface area (Å²) < 4.78 is 0. The summed E-state index contributed by atoms with van der Waals surface area (Å²) in [7, 11) is -1.52. The van der Waals surface area contributed by atoms with Gasteiger partial charge in [0.2, 0.25) is 0 Å². The molecule has 0 atom stereocenters. The Bertz CT molecular complexity index is 303. The minimum absolute atomic E-state index is 1.000. The molecule has 1 aliphatic rings. The van der Waals surface area contributed by atoms with Gasteiger partial charge in [0.25, 0.3) is 0 Å². The highest BCUT2D eigenvalue weighted by Gasteiger charge is 2.25. The predicted octanol–water partition coefficient (Wildman–Crippen LogP) is 2.06. The molecule has 1 heterocycles. The van der Waals surface area contributed by atoms with Crippen molar-refractivity contribution in [3.05, 3.63) is 35.9 Å². The zero-order valence-electron chi connectivity index (χ0n) is 9.26. The molecule has 83 valence electrons. The van der Waals surface area contributed by atoms with E-state index in [-0.39, 0.29) is 0 Å². The number of rotatable bonds is 2. The van der Waals surface area contributed by atoms with Crippen molar-refractivity contribution in [2.24, 2.45) is 0 Å². The molecule has 1 aromatic carbocycles. The Morgan fingerprint density at radius 1 is 1.20 bits per heavy atom. The second kappa shape index (κ2) is 4.61. The van der Waals surface area contributed by atoms with Gasteiger partial charge in [-0.2, -0.15) is 0 Å². The molecule has 2 nitrogen and oxygen atoms in total. The summed E-state index contributed by atoms with van der Waals surface area (Å²) in [6.07, 6.45) is 2.00.